The van der Waals surface area contributed by atoms with Crippen molar-refractivity contribution in [3.05, 3.63) is 87.9 Å². The monoisotopic (exact) mass is 526 g/mol. The molecule has 192 valence electrons. The van der Waals surface area contributed by atoms with E-state index in [4.69, 9.17) is 10.1 Å². The zero-order chi connectivity index (χ0) is 26.6. The van der Waals surface area contributed by atoms with Crippen LogP contribution in [0.4, 0.5) is 5.69 Å². The number of aromatic nitrogens is 2. The van der Waals surface area contributed by atoms with Gasteiger partial charge in [0.15, 0.2) is 6.61 Å². The fourth-order valence-electron chi connectivity index (χ4n) is 5.03. The maximum Gasteiger partial charge on any atom is 0.338 e. The van der Waals surface area contributed by atoms with Crippen molar-refractivity contribution in [2.45, 2.75) is 32.7 Å². The molecular formula is C29H26N4O4S. The number of carbonyl (C=O) groups excluding carboxylic acids is 2. The van der Waals surface area contributed by atoms with Gasteiger partial charge in [-0.2, -0.15) is 0 Å². The van der Waals surface area contributed by atoms with Gasteiger partial charge >= 0.3 is 5.97 Å². The van der Waals surface area contributed by atoms with Crippen LogP contribution in [0.5, 0.6) is 0 Å². The zero-order valence-corrected chi connectivity index (χ0v) is 21.8. The Balaban J connectivity index is 1.11. The molecule has 8 nitrogen and oxygen atoms in total. The minimum absolute atomic E-state index is 0.0807. The van der Waals surface area contributed by atoms with E-state index >= 15 is 0 Å². The lowest BCUT2D eigenvalue weighted by atomic mass is 10.1. The van der Waals surface area contributed by atoms with E-state index in [-0.39, 0.29) is 30.5 Å². The first-order chi connectivity index (χ1) is 18.3. The summed E-state index contributed by atoms with van der Waals surface area (Å²) in [6.07, 6.45) is 2.26. The second-order valence-corrected chi connectivity index (χ2v) is 10.7. The van der Waals surface area contributed by atoms with Gasteiger partial charge in [0.1, 0.15) is 16.6 Å². The largest absolute Gasteiger partial charge is 0.510 e. The molecular weight excluding hydrogens is 500 g/mol. The van der Waals surface area contributed by atoms with Gasteiger partial charge in [-0.15, -0.1) is 11.3 Å². The van der Waals surface area contributed by atoms with Gasteiger partial charge in [0, 0.05) is 28.7 Å². The summed E-state index contributed by atoms with van der Waals surface area (Å²) in [4.78, 5) is 31.6. The summed E-state index contributed by atoms with van der Waals surface area (Å²) in [6, 6.07) is 16.6. The standard InChI is InChI=1S/C29H26N4O4S/c1-16-13-21(17(2)33(16)20-11-12-20)24(35)15-37-29(36)18-7-9-19(10-8-18)32-14-23(34)26(27(32)30)28-31-22-5-3-4-6-25(22)38-28/h3-10,13,20,30,34H,11-12,14-15H2,1-2H3. The van der Waals surface area contributed by atoms with Gasteiger partial charge in [0.25, 0.3) is 0 Å². The number of carbonyl (C=O) groups is 2. The Morgan fingerprint density at radius 1 is 1.13 bits per heavy atom. The molecule has 38 heavy (non-hydrogen) atoms. The van der Waals surface area contributed by atoms with Crippen molar-refractivity contribution in [1.82, 2.24) is 9.55 Å². The summed E-state index contributed by atoms with van der Waals surface area (Å²) < 4.78 is 8.50. The molecule has 0 atom stereocenters. The van der Waals surface area contributed by atoms with Crippen LogP contribution in [0.15, 0.2) is 60.4 Å². The predicted molar refractivity (Wildman–Crippen MR) is 147 cm³/mol. The number of benzene rings is 2. The summed E-state index contributed by atoms with van der Waals surface area (Å²) in [6.45, 7) is 3.74. The third-order valence-electron chi connectivity index (χ3n) is 7.06. The van der Waals surface area contributed by atoms with Crippen molar-refractivity contribution >= 4 is 50.4 Å². The molecule has 2 aromatic heterocycles. The van der Waals surface area contributed by atoms with Crippen LogP contribution in [0.25, 0.3) is 15.8 Å². The number of para-hydroxylation sites is 1. The number of hydrogen-bond donors (Lipinski definition) is 2. The van der Waals surface area contributed by atoms with Crippen LogP contribution in [0.1, 0.15) is 56.0 Å². The smallest absolute Gasteiger partial charge is 0.338 e. The van der Waals surface area contributed by atoms with Gasteiger partial charge in [-0.1, -0.05) is 12.1 Å². The molecule has 2 aliphatic rings. The van der Waals surface area contributed by atoms with E-state index in [1.165, 1.54) is 11.3 Å². The highest BCUT2D eigenvalue weighted by Gasteiger charge is 2.32. The molecule has 1 aliphatic carbocycles. The normalized spacial score (nSPS) is 15.5. The molecule has 0 amide bonds. The van der Waals surface area contributed by atoms with Crippen LogP contribution in [-0.4, -0.2) is 45.4 Å². The number of aliphatic hydroxyl groups excluding tert-OH is 1. The van der Waals surface area contributed by atoms with Crippen LogP contribution in [0, 0.1) is 19.3 Å². The number of amidine groups is 1. The first-order valence-corrected chi connectivity index (χ1v) is 13.3. The number of hydrogen-bond acceptors (Lipinski definition) is 7. The number of aliphatic hydroxyl groups is 1. The quantitative estimate of drug-likeness (QED) is 0.231. The molecule has 0 radical (unpaired) electrons. The summed E-state index contributed by atoms with van der Waals surface area (Å²) in [7, 11) is 0. The summed E-state index contributed by atoms with van der Waals surface area (Å²) >= 11 is 1.43. The summed E-state index contributed by atoms with van der Waals surface area (Å²) in [5.74, 6) is -0.582. The number of ketones is 1. The molecule has 1 fully saturated rings. The number of thiazole rings is 1. The average Bonchev–Trinajstić information content (AvgIpc) is 3.47. The first-order valence-electron chi connectivity index (χ1n) is 12.4. The highest BCUT2D eigenvalue weighted by Crippen LogP contribution is 2.38. The van der Waals surface area contributed by atoms with Crippen LogP contribution in [-0.2, 0) is 4.74 Å². The number of nitrogens with zero attached hydrogens (tertiary/aromatic N) is 3. The number of nitrogens with one attached hydrogen (secondary N) is 1. The third-order valence-corrected chi connectivity index (χ3v) is 8.11. The summed E-state index contributed by atoms with van der Waals surface area (Å²) in [5, 5.41) is 19.9. The fraction of sp³-hybridized carbons (Fsp3) is 0.241. The molecule has 9 heteroatoms. The molecule has 2 aromatic carbocycles. The van der Waals surface area contributed by atoms with Gasteiger partial charge in [-0.3, -0.25) is 10.2 Å². The van der Waals surface area contributed by atoms with Crippen molar-refractivity contribution in [1.29, 1.82) is 5.41 Å². The molecule has 0 spiro atoms. The van der Waals surface area contributed by atoms with E-state index in [9.17, 15) is 14.7 Å². The SMILES string of the molecule is Cc1cc(C(=O)COC(=O)c2ccc(N3CC(O)=C(c4nc5ccccc5s4)C3=N)cc2)c(C)n1C1CC1. The Kier molecular flexibility index (Phi) is 5.87. The Morgan fingerprint density at radius 3 is 2.58 bits per heavy atom. The Morgan fingerprint density at radius 2 is 1.87 bits per heavy atom. The minimum atomic E-state index is -0.589. The number of ether oxygens (including phenoxy) is 1. The minimum Gasteiger partial charge on any atom is -0.510 e. The van der Waals surface area contributed by atoms with Crippen LogP contribution < -0.4 is 4.90 Å². The van der Waals surface area contributed by atoms with E-state index in [1.807, 2.05) is 44.2 Å². The topological polar surface area (TPSA) is 109 Å². The van der Waals surface area contributed by atoms with Crippen molar-refractivity contribution in [3.8, 4) is 0 Å². The second kappa shape index (κ2) is 9.25. The molecule has 1 aliphatic heterocycles. The van der Waals surface area contributed by atoms with Gasteiger partial charge in [0.05, 0.1) is 27.9 Å². The lowest BCUT2D eigenvalue weighted by molar-refractivity contribution is 0.0474. The third kappa shape index (κ3) is 4.18. The maximum atomic E-state index is 12.8. The van der Waals surface area contributed by atoms with Crippen LogP contribution >= 0.6 is 11.3 Å². The van der Waals surface area contributed by atoms with E-state index < -0.39 is 5.97 Å². The van der Waals surface area contributed by atoms with Gasteiger partial charge in [-0.25, -0.2) is 9.78 Å². The average molecular weight is 527 g/mol. The van der Waals surface area contributed by atoms with Gasteiger partial charge in [-0.05, 0) is 69.2 Å². The molecule has 6 rings (SSSR count). The lowest BCUT2D eigenvalue weighted by Gasteiger charge is -2.18. The number of fused-ring (bicyclic) bond motifs is 1. The van der Waals surface area contributed by atoms with Gasteiger partial charge < -0.3 is 19.3 Å². The molecule has 0 unspecified atom stereocenters. The maximum absolute atomic E-state index is 12.8. The number of Topliss-reactive ketones (excluding diaryl/α,β-unsaturated/α-hetero) is 1. The first kappa shape index (κ1) is 24.1. The molecule has 4 aromatic rings. The molecule has 2 N–H and O–H groups in total. The van der Waals surface area contributed by atoms with Crippen molar-refractivity contribution < 1.29 is 19.4 Å². The van der Waals surface area contributed by atoms with Crippen molar-refractivity contribution in [3.63, 3.8) is 0 Å². The van der Waals surface area contributed by atoms with E-state index in [1.54, 1.807) is 29.2 Å². The number of anilines is 1. The fourth-order valence-corrected chi connectivity index (χ4v) is 6.06. The molecule has 0 bridgehead atoms. The second-order valence-electron chi connectivity index (χ2n) is 9.68. The summed E-state index contributed by atoms with van der Waals surface area (Å²) in [5.41, 5.74) is 4.76. The highest BCUT2D eigenvalue weighted by atomic mass is 32.1. The van der Waals surface area contributed by atoms with E-state index in [0.717, 1.165) is 34.4 Å². The Labute approximate surface area is 223 Å². The van der Waals surface area contributed by atoms with Crippen molar-refractivity contribution in [2.24, 2.45) is 0 Å². The van der Waals surface area contributed by atoms with Crippen LogP contribution in [0.3, 0.4) is 0 Å². The van der Waals surface area contributed by atoms with Crippen molar-refractivity contribution in [2.75, 3.05) is 18.1 Å². The Hall–Kier alpha value is -4.24. The number of esters is 1. The predicted octanol–water partition coefficient (Wildman–Crippen LogP) is 5.86. The van der Waals surface area contributed by atoms with E-state index in [2.05, 4.69) is 9.55 Å². The number of rotatable bonds is 7. The lowest BCUT2D eigenvalue weighted by Crippen LogP contribution is -2.26. The Bertz CT molecular complexity index is 1610. The zero-order valence-electron chi connectivity index (χ0n) is 21.0. The van der Waals surface area contributed by atoms with Crippen LogP contribution in [0.2, 0.25) is 0 Å². The number of aryl methyl sites for hydroxylation is 1. The molecule has 3 heterocycles. The molecule has 1 saturated carbocycles. The molecule has 0 saturated heterocycles. The van der Waals surface area contributed by atoms with E-state index in [0.29, 0.717) is 33.4 Å². The highest BCUT2D eigenvalue weighted by molar-refractivity contribution is 7.19. The van der Waals surface area contributed by atoms with Gasteiger partial charge in [0.2, 0.25) is 5.78 Å².